The Morgan fingerprint density at radius 2 is 1.80 bits per heavy atom. The number of rotatable bonds is 16. The maximum Gasteiger partial charge on any atom is 0.326 e. The summed E-state index contributed by atoms with van der Waals surface area (Å²) >= 11 is 0. The lowest BCUT2D eigenvalue weighted by Gasteiger charge is -2.39. The van der Waals surface area contributed by atoms with Gasteiger partial charge in [0.05, 0.1) is 43.2 Å². The van der Waals surface area contributed by atoms with Crippen LogP contribution in [0.5, 0.6) is 0 Å². The first-order chi connectivity index (χ1) is 19.5. The zero-order chi connectivity index (χ0) is 30.7. The maximum atomic E-state index is 13.7. The molecular weight excluding hydrogens is 528 g/mol. The lowest BCUT2D eigenvalue weighted by molar-refractivity contribution is -0.146. The zero-order valence-corrected chi connectivity index (χ0v) is 25.2. The number of nitrogens with one attached hydrogen (secondary N) is 1. The van der Waals surface area contributed by atoms with Gasteiger partial charge in [-0.2, -0.15) is 0 Å². The van der Waals surface area contributed by atoms with E-state index in [1.165, 1.54) is 14.2 Å². The van der Waals surface area contributed by atoms with Gasteiger partial charge >= 0.3 is 5.97 Å². The van der Waals surface area contributed by atoms with E-state index in [0.29, 0.717) is 13.0 Å². The average molecular weight is 577 g/mol. The Bertz CT molecular complexity index is 1010. The molecule has 1 saturated heterocycles. The van der Waals surface area contributed by atoms with E-state index < -0.39 is 36.0 Å². The summed E-state index contributed by atoms with van der Waals surface area (Å²) in [6.07, 6.45) is 1.19. The minimum atomic E-state index is -1.12. The van der Waals surface area contributed by atoms with E-state index >= 15 is 0 Å². The Kier molecular flexibility index (Phi) is 13.7. The summed E-state index contributed by atoms with van der Waals surface area (Å²) < 4.78 is 11.5. The third-order valence-corrected chi connectivity index (χ3v) is 8.38. The van der Waals surface area contributed by atoms with Crippen LogP contribution in [0, 0.1) is 11.8 Å². The predicted octanol–water partition coefficient (Wildman–Crippen LogP) is 1.68. The van der Waals surface area contributed by atoms with E-state index in [0.717, 1.165) is 18.4 Å². The zero-order valence-electron chi connectivity index (χ0n) is 25.2. The topological polar surface area (TPSA) is 152 Å². The van der Waals surface area contributed by atoms with Crippen molar-refractivity contribution in [3.63, 3.8) is 0 Å². The van der Waals surface area contributed by atoms with Gasteiger partial charge in [0.2, 0.25) is 17.7 Å². The second-order valence-corrected chi connectivity index (χ2v) is 10.9. The van der Waals surface area contributed by atoms with Crippen molar-refractivity contribution < 1.29 is 33.8 Å². The van der Waals surface area contributed by atoms with Crippen LogP contribution in [0.25, 0.3) is 0 Å². The molecule has 11 nitrogen and oxygen atoms in total. The van der Waals surface area contributed by atoms with E-state index in [1.54, 1.807) is 23.8 Å². The first-order valence-corrected chi connectivity index (χ1v) is 14.4. The molecule has 1 aromatic rings. The molecule has 0 saturated carbocycles. The van der Waals surface area contributed by atoms with Crippen LogP contribution in [-0.2, 0) is 35.1 Å². The fraction of sp³-hybridized carbons (Fsp3) is 0.667. The van der Waals surface area contributed by atoms with Crippen LogP contribution >= 0.6 is 0 Å². The molecule has 0 aromatic heterocycles. The van der Waals surface area contributed by atoms with Gasteiger partial charge in [0.15, 0.2) is 0 Å². The predicted molar refractivity (Wildman–Crippen MR) is 155 cm³/mol. The monoisotopic (exact) mass is 576 g/mol. The number of benzene rings is 1. The molecule has 0 aliphatic carbocycles. The molecule has 0 radical (unpaired) electrons. The van der Waals surface area contributed by atoms with Gasteiger partial charge in [-0.3, -0.25) is 14.4 Å². The minimum absolute atomic E-state index is 0.0549. The van der Waals surface area contributed by atoms with Gasteiger partial charge in [-0.25, -0.2) is 4.79 Å². The van der Waals surface area contributed by atoms with Gasteiger partial charge in [0.25, 0.3) is 0 Å². The summed E-state index contributed by atoms with van der Waals surface area (Å²) in [4.78, 5) is 54.6. The van der Waals surface area contributed by atoms with Crippen LogP contribution in [0.3, 0.4) is 0 Å². The minimum Gasteiger partial charge on any atom is -0.480 e. The van der Waals surface area contributed by atoms with E-state index in [2.05, 4.69) is 5.32 Å². The number of likely N-dealkylation sites (tertiary alicyclic amines) is 1. The number of ether oxygens (including phenoxy) is 2. The van der Waals surface area contributed by atoms with Crippen molar-refractivity contribution in [2.75, 3.05) is 34.4 Å². The first kappa shape index (κ1) is 34.2. The number of carbonyl (C=O) groups is 4. The number of hydrogen-bond donors (Lipinski definition) is 3. The first-order valence-electron chi connectivity index (χ1n) is 14.4. The number of nitrogens with zero attached hydrogens (tertiary/aromatic N) is 2. The smallest absolute Gasteiger partial charge is 0.326 e. The van der Waals surface area contributed by atoms with Gasteiger partial charge < -0.3 is 35.4 Å². The number of amides is 3. The standard InChI is InChI=1S/C30H48N4O7/c1-7-19(2)27(33(4)26(36)18-31)24(40-5)17-25(35)34-15-11-14-23(34)28(41-6)20(3)29(37)32-22(30(38)39)16-21-12-9-8-10-13-21/h8-10,12-13,19-20,22-24,27-28H,7,11,14-18,31H2,1-6H3,(H,32,37)(H,38,39)/t19-,20+,22+,23-,24+,27-,28+/m0/s1. The summed E-state index contributed by atoms with van der Waals surface area (Å²) in [6, 6.07) is 7.30. The molecule has 4 N–H and O–H groups in total. The van der Waals surface area contributed by atoms with Crippen molar-refractivity contribution >= 4 is 23.7 Å². The number of carboxylic acids is 1. The Morgan fingerprint density at radius 3 is 2.34 bits per heavy atom. The number of nitrogens with two attached hydrogens (primary N) is 1. The SMILES string of the molecule is CC[C@H](C)[C@@H]([C@@H](CC(=O)N1CCC[C@H]1[C@H](OC)[C@@H](C)C(=O)N[C@H](Cc1ccccc1)C(=O)O)OC)N(C)C(=O)CN. The molecule has 41 heavy (non-hydrogen) atoms. The fourth-order valence-corrected chi connectivity index (χ4v) is 5.82. The van der Waals surface area contributed by atoms with Crippen molar-refractivity contribution in [1.29, 1.82) is 0 Å². The van der Waals surface area contributed by atoms with E-state index in [1.807, 2.05) is 44.2 Å². The van der Waals surface area contributed by atoms with E-state index in [9.17, 15) is 24.3 Å². The highest BCUT2D eigenvalue weighted by Gasteiger charge is 2.42. The van der Waals surface area contributed by atoms with Crippen molar-refractivity contribution in [2.45, 2.75) is 83.2 Å². The highest BCUT2D eigenvalue weighted by atomic mass is 16.5. The molecule has 1 aliphatic heterocycles. The largest absolute Gasteiger partial charge is 0.480 e. The highest BCUT2D eigenvalue weighted by molar-refractivity contribution is 5.85. The summed E-state index contributed by atoms with van der Waals surface area (Å²) in [7, 11) is 4.72. The number of aliphatic carboxylic acids is 1. The van der Waals surface area contributed by atoms with Gasteiger partial charge in [-0.05, 0) is 24.3 Å². The summed E-state index contributed by atoms with van der Waals surface area (Å²) in [5.41, 5.74) is 6.41. The molecular formula is C30H48N4O7. The third kappa shape index (κ3) is 8.98. The Labute approximate surface area is 243 Å². The van der Waals surface area contributed by atoms with Crippen LogP contribution < -0.4 is 11.1 Å². The van der Waals surface area contributed by atoms with Gasteiger partial charge in [0, 0.05) is 34.2 Å². The van der Waals surface area contributed by atoms with Crippen LogP contribution in [0.1, 0.15) is 52.0 Å². The molecule has 2 rings (SSSR count). The van der Waals surface area contributed by atoms with Gasteiger partial charge in [-0.1, -0.05) is 57.5 Å². The van der Waals surface area contributed by atoms with Crippen molar-refractivity contribution in [3.8, 4) is 0 Å². The molecule has 1 aliphatic rings. The van der Waals surface area contributed by atoms with E-state index in [4.69, 9.17) is 15.2 Å². The lowest BCUT2D eigenvalue weighted by Crippen LogP contribution is -2.54. The number of carboxylic acid groups (broad SMARTS) is 1. The lowest BCUT2D eigenvalue weighted by atomic mass is 9.90. The summed E-state index contributed by atoms with van der Waals surface area (Å²) in [5, 5.41) is 12.4. The molecule has 0 bridgehead atoms. The highest BCUT2D eigenvalue weighted by Crippen LogP contribution is 2.29. The molecule has 1 fully saturated rings. The molecule has 230 valence electrons. The molecule has 0 spiro atoms. The Hall–Kier alpha value is -3.02. The quantitative estimate of drug-likeness (QED) is 0.269. The van der Waals surface area contributed by atoms with Crippen molar-refractivity contribution in [2.24, 2.45) is 17.6 Å². The number of methoxy groups -OCH3 is 2. The molecule has 1 aromatic carbocycles. The fourth-order valence-electron chi connectivity index (χ4n) is 5.82. The molecule has 7 atom stereocenters. The molecule has 3 amide bonds. The third-order valence-electron chi connectivity index (χ3n) is 8.38. The summed E-state index contributed by atoms with van der Waals surface area (Å²) in [6.45, 7) is 6.10. The maximum absolute atomic E-state index is 13.7. The number of likely N-dealkylation sites (N-methyl/N-ethyl adjacent to an activating group) is 1. The Morgan fingerprint density at radius 1 is 1.15 bits per heavy atom. The average Bonchev–Trinajstić information content (AvgIpc) is 3.46. The van der Waals surface area contributed by atoms with Gasteiger partial charge in [-0.15, -0.1) is 0 Å². The second kappa shape index (κ2) is 16.4. The Balaban J connectivity index is 2.17. The normalized spacial score (nSPS) is 19.5. The molecule has 11 heteroatoms. The van der Waals surface area contributed by atoms with E-state index in [-0.39, 0.29) is 49.2 Å². The second-order valence-electron chi connectivity index (χ2n) is 10.9. The van der Waals surface area contributed by atoms with Crippen LogP contribution in [0.4, 0.5) is 0 Å². The van der Waals surface area contributed by atoms with Crippen molar-refractivity contribution in [1.82, 2.24) is 15.1 Å². The van der Waals surface area contributed by atoms with Crippen LogP contribution in [-0.4, -0.2) is 103 Å². The van der Waals surface area contributed by atoms with Crippen molar-refractivity contribution in [3.05, 3.63) is 35.9 Å². The van der Waals surface area contributed by atoms with Gasteiger partial charge in [0.1, 0.15) is 6.04 Å². The molecule has 1 heterocycles. The number of carbonyl (C=O) groups excluding carboxylic acids is 3. The summed E-state index contributed by atoms with van der Waals surface area (Å²) in [5.74, 6) is -2.60. The molecule has 0 unspecified atom stereocenters. The number of hydrogen-bond acceptors (Lipinski definition) is 7. The van der Waals surface area contributed by atoms with Crippen LogP contribution in [0.15, 0.2) is 30.3 Å². The van der Waals surface area contributed by atoms with Crippen LogP contribution in [0.2, 0.25) is 0 Å².